The number of aromatic nitrogens is 3. The minimum atomic E-state index is -0.401. The lowest BCUT2D eigenvalue weighted by Crippen LogP contribution is -2.05. The van der Waals surface area contributed by atoms with Crippen LogP contribution in [0, 0.1) is 3.57 Å². The Morgan fingerprint density at radius 1 is 1.64 bits per heavy atom. The molecule has 0 unspecified atom stereocenters. The van der Waals surface area contributed by atoms with E-state index in [1.54, 1.807) is 16.8 Å². The number of nitrogens with zero attached hydrogens (tertiary/aromatic N) is 3. The number of carbonyl (C=O) groups is 1. The number of esters is 1. The summed E-state index contributed by atoms with van der Waals surface area (Å²) in [5, 5.41) is 7.56. The van der Waals surface area contributed by atoms with Crippen molar-refractivity contribution >= 4 is 34.2 Å². The van der Waals surface area contributed by atoms with Crippen molar-refractivity contribution < 1.29 is 9.53 Å². The summed E-state index contributed by atoms with van der Waals surface area (Å²) < 4.78 is 7.26. The second-order valence-corrected chi connectivity index (χ2v) is 3.87. The number of carbonyl (C=O) groups excluding carboxylic acids is 1. The average Bonchev–Trinajstić information content (AvgIpc) is 2.62. The van der Waals surface area contributed by atoms with E-state index in [0.717, 1.165) is 3.57 Å². The first-order valence-electron chi connectivity index (χ1n) is 3.79. The highest BCUT2D eigenvalue weighted by Crippen LogP contribution is 2.13. The third kappa shape index (κ3) is 1.45. The number of halogens is 1. The van der Waals surface area contributed by atoms with Crippen LogP contribution in [0.2, 0.25) is 0 Å². The Labute approximate surface area is 93.2 Å². The van der Waals surface area contributed by atoms with Gasteiger partial charge in [-0.25, -0.2) is 4.79 Å². The molecule has 72 valence electrons. The van der Waals surface area contributed by atoms with Gasteiger partial charge in [0.05, 0.1) is 7.11 Å². The highest BCUT2D eigenvalue weighted by atomic mass is 127. The highest BCUT2D eigenvalue weighted by molar-refractivity contribution is 14.1. The summed E-state index contributed by atoms with van der Waals surface area (Å²) in [4.78, 5) is 11.4. The Bertz CT molecular complexity index is 494. The van der Waals surface area contributed by atoms with Gasteiger partial charge in [0.1, 0.15) is 11.9 Å². The number of rotatable bonds is 1. The van der Waals surface area contributed by atoms with E-state index in [0.29, 0.717) is 11.2 Å². The van der Waals surface area contributed by atoms with Crippen molar-refractivity contribution in [3.05, 3.63) is 27.7 Å². The van der Waals surface area contributed by atoms with Gasteiger partial charge in [-0.15, -0.1) is 10.2 Å². The van der Waals surface area contributed by atoms with E-state index in [-0.39, 0.29) is 0 Å². The fourth-order valence-electron chi connectivity index (χ4n) is 1.16. The summed E-state index contributed by atoms with van der Waals surface area (Å²) in [6.45, 7) is 0. The molecule has 0 spiro atoms. The van der Waals surface area contributed by atoms with Crippen molar-refractivity contribution in [2.75, 3.05) is 7.11 Å². The van der Waals surface area contributed by atoms with Crippen LogP contribution < -0.4 is 0 Å². The molecule has 0 aliphatic heterocycles. The first kappa shape index (κ1) is 9.38. The van der Waals surface area contributed by atoms with E-state index in [1.165, 1.54) is 7.11 Å². The molecule has 0 fully saturated rings. The highest BCUT2D eigenvalue weighted by Gasteiger charge is 2.13. The Morgan fingerprint density at radius 3 is 3.14 bits per heavy atom. The van der Waals surface area contributed by atoms with Gasteiger partial charge in [-0.3, -0.25) is 4.40 Å². The Morgan fingerprint density at radius 2 is 2.43 bits per heavy atom. The molecule has 0 saturated heterocycles. The fraction of sp³-hybridized carbons (Fsp3) is 0.125. The molecule has 0 bridgehead atoms. The molecule has 2 aromatic heterocycles. The van der Waals surface area contributed by atoms with Gasteiger partial charge in [-0.1, -0.05) is 0 Å². The summed E-state index contributed by atoms with van der Waals surface area (Å²) in [7, 11) is 1.34. The number of hydrogen-bond donors (Lipinski definition) is 0. The SMILES string of the molecule is COC(=O)c1cc(I)cn2cnnc12. The molecular formula is C8H6IN3O2. The van der Waals surface area contributed by atoms with E-state index in [2.05, 4.69) is 37.5 Å². The van der Waals surface area contributed by atoms with Crippen molar-refractivity contribution in [3.8, 4) is 0 Å². The van der Waals surface area contributed by atoms with Crippen LogP contribution in [0.3, 0.4) is 0 Å². The molecule has 0 aliphatic rings. The molecule has 0 amide bonds. The maximum atomic E-state index is 11.4. The van der Waals surface area contributed by atoms with E-state index in [4.69, 9.17) is 0 Å². The van der Waals surface area contributed by atoms with Gasteiger partial charge in [-0.05, 0) is 28.7 Å². The summed E-state index contributed by atoms with van der Waals surface area (Å²) in [5.74, 6) is -0.401. The number of ether oxygens (including phenoxy) is 1. The Hall–Kier alpha value is -1.18. The second kappa shape index (κ2) is 3.52. The fourth-order valence-corrected chi connectivity index (χ4v) is 1.77. The van der Waals surface area contributed by atoms with E-state index in [9.17, 15) is 4.79 Å². The molecule has 2 heterocycles. The third-order valence-corrected chi connectivity index (χ3v) is 2.35. The largest absolute Gasteiger partial charge is 0.465 e. The predicted octanol–water partition coefficient (Wildman–Crippen LogP) is 1.12. The van der Waals surface area contributed by atoms with E-state index in [1.807, 2.05) is 6.20 Å². The van der Waals surface area contributed by atoms with Crippen LogP contribution in [-0.2, 0) is 4.74 Å². The maximum Gasteiger partial charge on any atom is 0.341 e. The zero-order valence-electron chi connectivity index (χ0n) is 7.27. The first-order valence-corrected chi connectivity index (χ1v) is 4.87. The van der Waals surface area contributed by atoms with Gasteiger partial charge < -0.3 is 4.74 Å². The van der Waals surface area contributed by atoms with Crippen LogP contribution >= 0.6 is 22.6 Å². The van der Waals surface area contributed by atoms with Crippen molar-refractivity contribution in [1.29, 1.82) is 0 Å². The molecule has 0 aliphatic carbocycles. The number of hydrogen-bond acceptors (Lipinski definition) is 4. The summed E-state index contributed by atoms with van der Waals surface area (Å²) >= 11 is 2.12. The van der Waals surface area contributed by atoms with Crippen LogP contribution in [0.5, 0.6) is 0 Å². The molecule has 0 saturated carbocycles. The normalized spacial score (nSPS) is 10.4. The molecule has 14 heavy (non-hydrogen) atoms. The standard InChI is InChI=1S/C8H6IN3O2/c1-14-8(13)6-2-5(9)3-12-4-10-11-7(6)12/h2-4H,1H3. The van der Waals surface area contributed by atoms with Crippen LogP contribution in [0.4, 0.5) is 0 Å². The molecular weight excluding hydrogens is 297 g/mol. The van der Waals surface area contributed by atoms with Crippen molar-refractivity contribution in [1.82, 2.24) is 14.6 Å². The monoisotopic (exact) mass is 303 g/mol. The van der Waals surface area contributed by atoms with Gasteiger partial charge in [0.2, 0.25) is 0 Å². The van der Waals surface area contributed by atoms with Gasteiger partial charge in [0.25, 0.3) is 0 Å². The minimum Gasteiger partial charge on any atom is -0.465 e. The molecule has 5 nitrogen and oxygen atoms in total. The van der Waals surface area contributed by atoms with Gasteiger partial charge >= 0.3 is 5.97 Å². The maximum absolute atomic E-state index is 11.4. The van der Waals surface area contributed by atoms with Crippen molar-refractivity contribution in [2.24, 2.45) is 0 Å². The smallest absolute Gasteiger partial charge is 0.341 e. The Kier molecular flexibility index (Phi) is 2.36. The quantitative estimate of drug-likeness (QED) is 0.585. The molecule has 0 radical (unpaired) electrons. The summed E-state index contributed by atoms with van der Waals surface area (Å²) in [6.07, 6.45) is 3.38. The minimum absolute atomic E-state index is 0.401. The Balaban J connectivity index is 2.72. The predicted molar refractivity (Wildman–Crippen MR) is 57.0 cm³/mol. The summed E-state index contributed by atoms with van der Waals surface area (Å²) in [5.41, 5.74) is 0.939. The lowest BCUT2D eigenvalue weighted by atomic mass is 10.3. The van der Waals surface area contributed by atoms with E-state index < -0.39 is 5.97 Å². The lowest BCUT2D eigenvalue weighted by Gasteiger charge is -2.01. The van der Waals surface area contributed by atoms with Gasteiger partial charge in [0.15, 0.2) is 5.65 Å². The number of methoxy groups -OCH3 is 1. The van der Waals surface area contributed by atoms with Crippen LogP contribution in [0.1, 0.15) is 10.4 Å². The zero-order chi connectivity index (χ0) is 10.1. The van der Waals surface area contributed by atoms with E-state index >= 15 is 0 Å². The number of fused-ring (bicyclic) bond motifs is 1. The summed E-state index contributed by atoms with van der Waals surface area (Å²) in [6, 6.07) is 1.72. The van der Waals surface area contributed by atoms with Crippen LogP contribution in [-0.4, -0.2) is 27.7 Å². The zero-order valence-corrected chi connectivity index (χ0v) is 9.43. The molecule has 0 N–H and O–H groups in total. The lowest BCUT2D eigenvalue weighted by molar-refractivity contribution is 0.0602. The molecule has 2 aromatic rings. The topological polar surface area (TPSA) is 56.5 Å². The van der Waals surface area contributed by atoms with Crippen molar-refractivity contribution in [3.63, 3.8) is 0 Å². The second-order valence-electron chi connectivity index (χ2n) is 2.63. The molecule has 6 heteroatoms. The van der Waals surface area contributed by atoms with Gasteiger partial charge in [0, 0.05) is 9.77 Å². The van der Waals surface area contributed by atoms with Gasteiger partial charge in [-0.2, -0.15) is 0 Å². The average molecular weight is 303 g/mol. The van der Waals surface area contributed by atoms with Crippen LogP contribution in [0.15, 0.2) is 18.6 Å². The van der Waals surface area contributed by atoms with Crippen LogP contribution in [0.25, 0.3) is 5.65 Å². The van der Waals surface area contributed by atoms with Crippen molar-refractivity contribution in [2.45, 2.75) is 0 Å². The molecule has 2 rings (SSSR count). The molecule has 0 atom stereocenters. The number of pyridine rings is 1. The molecule has 0 aromatic carbocycles. The third-order valence-electron chi connectivity index (χ3n) is 1.76. The first-order chi connectivity index (χ1) is 6.72.